The van der Waals surface area contributed by atoms with Gasteiger partial charge in [-0.1, -0.05) is 18.2 Å². The Kier molecular flexibility index (Phi) is 5.87. The van der Waals surface area contributed by atoms with Crippen LogP contribution >= 0.6 is 11.3 Å². The average Bonchev–Trinajstić information content (AvgIpc) is 3.15. The number of ether oxygens (including phenoxy) is 1. The summed E-state index contributed by atoms with van der Waals surface area (Å²) in [5.41, 5.74) is 4.38. The third-order valence-corrected chi connectivity index (χ3v) is 5.77. The summed E-state index contributed by atoms with van der Waals surface area (Å²) in [6.45, 7) is 2.59. The van der Waals surface area contributed by atoms with Crippen LogP contribution in [0.4, 0.5) is 9.52 Å². The Balaban J connectivity index is 1.32. The molecule has 0 bridgehead atoms. The predicted molar refractivity (Wildman–Crippen MR) is 112 cm³/mol. The Hall–Kier alpha value is -2.77. The number of rotatable bonds is 6. The summed E-state index contributed by atoms with van der Waals surface area (Å²) in [4.78, 5) is 19.1. The first-order chi connectivity index (χ1) is 14.1. The highest BCUT2D eigenvalue weighted by molar-refractivity contribution is 7.13. The second-order valence-electron chi connectivity index (χ2n) is 7.09. The molecule has 29 heavy (non-hydrogen) atoms. The summed E-state index contributed by atoms with van der Waals surface area (Å²) in [5.74, 6) is 0.439. The molecule has 3 aromatic rings. The number of aromatic nitrogens is 1. The lowest BCUT2D eigenvalue weighted by Crippen LogP contribution is -2.30. The number of carbonyl (C=O) groups excluding carboxylic acids is 1. The van der Waals surface area contributed by atoms with Crippen LogP contribution in [-0.2, 0) is 30.7 Å². The summed E-state index contributed by atoms with van der Waals surface area (Å²) >= 11 is 1.42. The lowest BCUT2D eigenvalue weighted by Gasteiger charge is -2.28. The van der Waals surface area contributed by atoms with E-state index in [-0.39, 0.29) is 18.1 Å². The molecule has 0 saturated carbocycles. The van der Waals surface area contributed by atoms with Gasteiger partial charge >= 0.3 is 0 Å². The van der Waals surface area contributed by atoms with Crippen LogP contribution in [0.25, 0.3) is 0 Å². The van der Waals surface area contributed by atoms with E-state index in [9.17, 15) is 9.18 Å². The molecule has 5 nitrogen and oxygen atoms in total. The number of hydrogen-bond acceptors (Lipinski definition) is 5. The fourth-order valence-electron chi connectivity index (χ4n) is 3.47. The van der Waals surface area contributed by atoms with Crippen molar-refractivity contribution in [3.05, 3.63) is 76.0 Å². The van der Waals surface area contributed by atoms with E-state index in [4.69, 9.17) is 4.74 Å². The summed E-state index contributed by atoms with van der Waals surface area (Å²) < 4.78 is 18.3. The smallest absolute Gasteiger partial charge is 0.230 e. The fraction of sp³-hybridized carbons (Fsp3) is 0.273. The quantitative estimate of drug-likeness (QED) is 0.665. The fourth-order valence-corrected chi connectivity index (χ4v) is 4.18. The van der Waals surface area contributed by atoms with Gasteiger partial charge in [-0.2, -0.15) is 0 Å². The van der Waals surface area contributed by atoms with Gasteiger partial charge in [0.1, 0.15) is 11.6 Å². The summed E-state index contributed by atoms with van der Waals surface area (Å²) in [5, 5.41) is 5.41. The van der Waals surface area contributed by atoms with Crippen molar-refractivity contribution >= 4 is 22.4 Å². The molecule has 150 valence electrons. The Morgan fingerprint density at radius 1 is 1.24 bits per heavy atom. The lowest BCUT2D eigenvalue weighted by atomic mass is 9.99. The van der Waals surface area contributed by atoms with Crippen molar-refractivity contribution in [2.45, 2.75) is 25.9 Å². The van der Waals surface area contributed by atoms with Crippen molar-refractivity contribution in [3.63, 3.8) is 0 Å². The molecule has 1 aliphatic heterocycles. The van der Waals surface area contributed by atoms with Crippen molar-refractivity contribution in [1.82, 2.24) is 9.88 Å². The maximum absolute atomic E-state index is 13.0. The lowest BCUT2D eigenvalue weighted by molar-refractivity contribution is -0.115. The second-order valence-corrected chi connectivity index (χ2v) is 7.95. The summed E-state index contributed by atoms with van der Waals surface area (Å²) in [6, 6.07) is 12.2. The van der Waals surface area contributed by atoms with E-state index < -0.39 is 0 Å². The van der Waals surface area contributed by atoms with Gasteiger partial charge in [-0.3, -0.25) is 9.69 Å². The molecule has 1 aliphatic rings. The maximum atomic E-state index is 13.0. The molecule has 2 aromatic carbocycles. The molecule has 0 radical (unpaired) electrons. The van der Waals surface area contributed by atoms with Crippen molar-refractivity contribution in [3.8, 4) is 5.75 Å². The number of hydrogen-bond donors (Lipinski definition) is 1. The molecule has 2 heterocycles. The minimum absolute atomic E-state index is 0.154. The van der Waals surface area contributed by atoms with Crippen LogP contribution in [0.15, 0.2) is 47.8 Å². The number of benzene rings is 2. The van der Waals surface area contributed by atoms with Gasteiger partial charge in [-0.25, -0.2) is 9.37 Å². The van der Waals surface area contributed by atoms with Crippen molar-refractivity contribution in [2.24, 2.45) is 0 Å². The van der Waals surface area contributed by atoms with Gasteiger partial charge < -0.3 is 10.1 Å². The van der Waals surface area contributed by atoms with Crippen molar-refractivity contribution < 1.29 is 13.9 Å². The van der Waals surface area contributed by atoms with Crippen LogP contribution in [0, 0.1) is 5.82 Å². The number of halogens is 1. The summed E-state index contributed by atoms with van der Waals surface area (Å²) in [7, 11) is 1.69. The number of anilines is 1. The van der Waals surface area contributed by atoms with Crippen LogP contribution in [-0.4, -0.2) is 29.4 Å². The zero-order valence-electron chi connectivity index (χ0n) is 16.2. The first-order valence-electron chi connectivity index (χ1n) is 9.46. The Morgan fingerprint density at radius 2 is 2.07 bits per heavy atom. The Morgan fingerprint density at radius 3 is 2.86 bits per heavy atom. The molecule has 1 N–H and O–H groups in total. The van der Waals surface area contributed by atoms with Crippen LogP contribution in [0.5, 0.6) is 5.75 Å². The number of thiazole rings is 1. The number of amides is 1. The predicted octanol–water partition coefficient (Wildman–Crippen LogP) is 4.03. The molecule has 1 amide bonds. The van der Waals surface area contributed by atoms with E-state index in [1.54, 1.807) is 19.2 Å². The zero-order chi connectivity index (χ0) is 20.2. The Labute approximate surface area is 173 Å². The highest BCUT2D eigenvalue weighted by atomic mass is 32.1. The number of fused-ring (bicyclic) bond motifs is 1. The second kappa shape index (κ2) is 8.71. The first kappa shape index (κ1) is 19.5. The van der Waals surface area contributed by atoms with Crippen LogP contribution < -0.4 is 10.1 Å². The summed E-state index contributed by atoms with van der Waals surface area (Å²) in [6.07, 6.45) is 1.18. The molecule has 0 spiro atoms. The minimum Gasteiger partial charge on any atom is -0.497 e. The Bertz CT molecular complexity index is 1000. The topological polar surface area (TPSA) is 54.5 Å². The molecule has 0 unspecified atom stereocenters. The number of nitrogens with zero attached hydrogens (tertiary/aromatic N) is 2. The number of methoxy groups -OCH3 is 1. The normalized spacial score (nSPS) is 13.7. The van der Waals surface area contributed by atoms with Gasteiger partial charge in [0.25, 0.3) is 0 Å². The molecule has 1 aromatic heterocycles. The van der Waals surface area contributed by atoms with Crippen LogP contribution in [0.1, 0.15) is 22.4 Å². The number of carbonyl (C=O) groups is 1. The van der Waals surface area contributed by atoms with Gasteiger partial charge in [0.05, 0.1) is 19.2 Å². The van der Waals surface area contributed by atoms with E-state index in [0.29, 0.717) is 5.13 Å². The first-order valence-corrected chi connectivity index (χ1v) is 10.3. The van der Waals surface area contributed by atoms with Gasteiger partial charge in [-0.05, 0) is 47.4 Å². The molecular formula is C22H22FN3O2S. The van der Waals surface area contributed by atoms with Gasteiger partial charge in [0.15, 0.2) is 5.13 Å². The number of nitrogens with one attached hydrogen (secondary N) is 1. The van der Waals surface area contributed by atoms with E-state index in [0.717, 1.165) is 43.1 Å². The minimum atomic E-state index is -0.307. The standard InChI is InChI=1S/C22H22FN3O2S/c1-28-20-7-4-17-12-26(9-8-16(17)11-20)13-19-14-29-22(24-19)25-21(27)10-15-2-5-18(23)6-3-15/h2-7,11,14H,8-10,12-13H2,1H3,(H,24,25,27). The van der Waals surface area contributed by atoms with E-state index in [1.165, 1.54) is 34.6 Å². The van der Waals surface area contributed by atoms with Gasteiger partial charge in [0.2, 0.25) is 5.91 Å². The van der Waals surface area contributed by atoms with E-state index >= 15 is 0 Å². The maximum Gasteiger partial charge on any atom is 0.230 e. The van der Waals surface area contributed by atoms with E-state index in [1.807, 2.05) is 11.4 Å². The zero-order valence-corrected chi connectivity index (χ0v) is 17.0. The SMILES string of the molecule is COc1ccc2c(c1)CCN(Cc1csc(NC(=O)Cc3ccc(F)cc3)n1)C2. The highest BCUT2D eigenvalue weighted by Crippen LogP contribution is 2.25. The molecular weight excluding hydrogens is 389 g/mol. The molecule has 0 atom stereocenters. The van der Waals surface area contributed by atoms with Crippen LogP contribution in [0.2, 0.25) is 0 Å². The average molecular weight is 412 g/mol. The van der Waals surface area contributed by atoms with E-state index in [2.05, 4.69) is 27.3 Å². The highest BCUT2D eigenvalue weighted by Gasteiger charge is 2.18. The molecule has 0 saturated heterocycles. The third-order valence-electron chi connectivity index (χ3n) is 4.97. The largest absolute Gasteiger partial charge is 0.497 e. The van der Waals surface area contributed by atoms with Crippen LogP contribution in [0.3, 0.4) is 0 Å². The third kappa shape index (κ3) is 4.99. The van der Waals surface area contributed by atoms with Crippen molar-refractivity contribution in [1.29, 1.82) is 0 Å². The van der Waals surface area contributed by atoms with Gasteiger partial charge in [0, 0.05) is 25.0 Å². The van der Waals surface area contributed by atoms with Gasteiger partial charge in [-0.15, -0.1) is 11.3 Å². The van der Waals surface area contributed by atoms with Crippen molar-refractivity contribution in [2.75, 3.05) is 19.0 Å². The monoisotopic (exact) mass is 411 g/mol. The molecule has 7 heteroatoms. The molecule has 0 fully saturated rings. The molecule has 0 aliphatic carbocycles. The molecule has 4 rings (SSSR count).